The number of nitrogens with two attached hydrogens (primary N) is 1. The van der Waals surface area contributed by atoms with Crippen LogP contribution >= 0.6 is 35.7 Å². The lowest BCUT2D eigenvalue weighted by molar-refractivity contribution is 0.293. The highest BCUT2D eigenvalue weighted by molar-refractivity contribution is 14.0. The third-order valence-corrected chi connectivity index (χ3v) is 7.65. The standard InChI is InChI=1S/C18H28N4O2S2.HI/c1-20-17(21-13-15-6-5-7-16(12-15)26(19,23)24)22-10-11-25-18(14-22)8-3-2-4-9-18;/h5-7,12H,2-4,8-11,13-14H2,1H3,(H,20,21)(H2,19,23,24);1H. The summed E-state index contributed by atoms with van der Waals surface area (Å²) < 4.78 is 23.4. The smallest absolute Gasteiger partial charge is 0.238 e. The van der Waals surface area contributed by atoms with Gasteiger partial charge in [0.2, 0.25) is 10.0 Å². The maximum Gasteiger partial charge on any atom is 0.238 e. The number of guanidine groups is 1. The van der Waals surface area contributed by atoms with Crippen LogP contribution in [0.5, 0.6) is 0 Å². The molecule has 2 aliphatic rings. The molecule has 9 heteroatoms. The Morgan fingerprint density at radius 1 is 1.33 bits per heavy atom. The topological polar surface area (TPSA) is 87.8 Å². The number of sulfonamides is 1. The highest BCUT2D eigenvalue weighted by Crippen LogP contribution is 2.42. The number of benzene rings is 1. The number of thioether (sulfide) groups is 1. The minimum Gasteiger partial charge on any atom is -0.352 e. The summed E-state index contributed by atoms with van der Waals surface area (Å²) in [5, 5.41) is 8.61. The van der Waals surface area contributed by atoms with Gasteiger partial charge in [-0.1, -0.05) is 31.4 Å². The second-order valence-electron chi connectivity index (χ2n) is 7.11. The predicted octanol–water partition coefficient (Wildman–Crippen LogP) is 2.78. The van der Waals surface area contributed by atoms with Crippen molar-refractivity contribution >= 4 is 51.7 Å². The van der Waals surface area contributed by atoms with E-state index in [0.29, 0.717) is 11.3 Å². The number of primary sulfonamides is 1. The predicted molar refractivity (Wildman–Crippen MR) is 123 cm³/mol. The van der Waals surface area contributed by atoms with Gasteiger partial charge in [-0.05, 0) is 30.5 Å². The molecule has 1 aliphatic carbocycles. The van der Waals surface area contributed by atoms with Crippen LogP contribution in [0.2, 0.25) is 0 Å². The molecule has 0 amide bonds. The number of nitrogens with one attached hydrogen (secondary N) is 1. The summed E-state index contributed by atoms with van der Waals surface area (Å²) >= 11 is 2.13. The van der Waals surface area contributed by atoms with Crippen LogP contribution in [0.15, 0.2) is 34.2 Å². The fraction of sp³-hybridized carbons (Fsp3) is 0.611. The molecule has 6 nitrogen and oxygen atoms in total. The first-order valence-electron chi connectivity index (χ1n) is 9.13. The molecule has 1 aromatic carbocycles. The Kier molecular flexibility index (Phi) is 8.26. The number of halogens is 1. The van der Waals surface area contributed by atoms with E-state index in [2.05, 4.69) is 27.0 Å². The quantitative estimate of drug-likeness (QED) is 0.361. The Bertz CT molecular complexity index is 759. The molecule has 1 saturated carbocycles. The van der Waals surface area contributed by atoms with E-state index in [1.807, 2.05) is 6.07 Å². The minimum absolute atomic E-state index is 0. The monoisotopic (exact) mass is 524 g/mol. The van der Waals surface area contributed by atoms with Crippen LogP contribution in [-0.4, -0.2) is 49.9 Å². The third-order valence-electron chi connectivity index (χ3n) is 5.20. The van der Waals surface area contributed by atoms with Crippen molar-refractivity contribution in [2.75, 3.05) is 25.9 Å². The first-order chi connectivity index (χ1) is 12.4. The van der Waals surface area contributed by atoms with E-state index in [9.17, 15) is 8.42 Å². The van der Waals surface area contributed by atoms with Crippen LogP contribution in [0.3, 0.4) is 0 Å². The fourth-order valence-corrected chi connectivity index (χ4v) is 6.02. The molecule has 1 aliphatic heterocycles. The Hall–Kier alpha value is -0.520. The fourth-order valence-electron chi connectivity index (χ4n) is 3.87. The molecule has 2 fully saturated rings. The van der Waals surface area contributed by atoms with Gasteiger partial charge in [0.25, 0.3) is 0 Å². The van der Waals surface area contributed by atoms with Crippen LogP contribution in [0.1, 0.15) is 37.7 Å². The summed E-state index contributed by atoms with van der Waals surface area (Å²) in [5.41, 5.74) is 0.872. The SMILES string of the molecule is CN=C(NCc1cccc(S(N)(=O)=O)c1)N1CCSC2(CCCCC2)C1.I. The van der Waals surface area contributed by atoms with Crippen molar-refractivity contribution in [2.45, 2.75) is 48.3 Å². The highest BCUT2D eigenvalue weighted by Gasteiger charge is 2.38. The van der Waals surface area contributed by atoms with E-state index in [4.69, 9.17) is 5.14 Å². The van der Waals surface area contributed by atoms with Gasteiger partial charge < -0.3 is 10.2 Å². The molecule has 152 valence electrons. The van der Waals surface area contributed by atoms with Gasteiger partial charge in [-0.15, -0.1) is 24.0 Å². The first-order valence-corrected chi connectivity index (χ1v) is 11.7. The third kappa shape index (κ3) is 5.98. The van der Waals surface area contributed by atoms with E-state index in [0.717, 1.165) is 30.4 Å². The summed E-state index contributed by atoms with van der Waals surface area (Å²) in [6.07, 6.45) is 6.60. The van der Waals surface area contributed by atoms with Crippen LogP contribution < -0.4 is 10.5 Å². The van der Waals surface area contributed by atoms with Crippen molar-refractivity contribution in [3.8, 4) is 0 Å². The number of nitrogens with zero attached hydrogens (tertiary/aromatic N) is 2. The van der Waals surface area contributed by atoms with Crippen molar-refractivity contribution in [3.63, 3.8) is 0 Å². The minimum atomic E-state index is -3.68. The summed E-state index contributed by atoms with van der Waals surface area (Å²) in [6.45, 7) is 2.55. The van der Waals surface area contributed by atoms with Crippen molar-refractivity contribution in [1.82, 2.24) is 10.2 Å². The number of hydrogen-bond donors (Lipinski definition) is 2. The lowest BCUT2D eigenvalue weighted by Crippen LogP contribution is -2.53. The molecule has 1 saturated heterocycles. The largest absolute Gasteiger partial charge is 0.352 e. The van der Waals surface area contributed by atoms with Crippen LogP contribution in [0.25, 0.3) is 0 Å². The van der Waals surface area contributed by atoms with Gasteiger partial charge in [0.05, 0.1) is 4.90 Å². The van der Waals surface area contributed by atoms with Gasteiger partial charge in [-0.3, -0.25) is 4.99 Å². The summed E-state index contributed by atoms with van der Waals surface area (Å²) in [4.78, 5) is 6.95. The molecular formula is C18H29IN4O2S2. The van der Waals surface area contributed by atoms with E-state index in [1.165, 1.54) is 38.2 Å². The lowest BCUT2D eigenvalue weighted by Gasteiger charge is -2.45. The molecule has 3 N–H and O–H groups in total. The van der Waals surface area contributed by atoms with E-state index < -0.39 is 10.0 Å². The van der Waals surface area contributed by atoms with Gasteiger partial charge in [-0.25, -0.2) is 13.6 Å². The van der Waals surface area contributed by atoms with Crippen molar-refractivity contribution in [3.05, 3.63) is 29.8 Å². The van der Waals surface area contributed by atoms with Gasteiger partial charge in [0.1, 0.15) is 0 Å². The molecular weight excluding hydrogens is 495 g/mol. The Morgan fingerprint density at radius 3 is 2.74 bits per heavy atom. The molecule has 1 heterocycles. The first kappa shape index (κ1) is 22.8. The van der Waals surface area contributed by atoms with Crippen LogP contribution in [0.4, 0.5) is 0 Å². The summed E-state index contributed by atoms with van der Waals surface area (Å²) in [7, 11) is -1.88. The van der Waals surface area contributed by atoms with E-state index >= 15 is 0 Å². The molecule has 0 unspecified atom stereocenters. The van der Waals surface area contributed by atoms with Crippen LogP contribution in [-0.2, 0) is 16.6 Å². The van der Waals surface area contributed by atoms with Gasteiger partial charge in [-0.2, -0.15) is 11.8 Å². The van der Waals surface area contributed by atoms with E-state index in [1.54, 1.807) is 19.2 Å². The van der Waals surface area contributed by atoms with Gasteiger partial charge >= 0.3 is 0 Å². The second-order valence-corrected chi connectivity index (χ2v) is 10.2. The van der Waals surface area contributed by atoms with Gasteiger partial charge in [0, 0.05) is 37.2 Å². The molecule has 0 radical (unpaired) electrons. The summed E-state index contributed by atoms with van der Waals surface area (Å²) in [6, 6.07) is 6.74. The lowest BCUT2D eigenvalue weighted by atomic mass is 9.87. The molecule has 0 atom stereocenters. The molecule has 0 bridgehead atoms. The van der Waals surface area contributed by atoms with E-state index in [-0.39, 0.29) is 28.9 Å². The van der Waals surface area contributed by atoms with Gasteiger partial charge in [0.15, 0.2) is 5.96 Å². The zero-order valence-corrected chi connectivity index (χ0v) is 19.6. The maximum atomic E-state index is 11.5. The molecule has 1 spiro atoms. The Balaban J connectivity index is 0.00000261. The number of rotatable bonds is 3. The zero-order valence-electron chi connectivity index (χ0n) is 15.7. The molecule has 3 rings (SSSR count). The Labute approximate surface area is 183 Å². The number of aliphatic imine (C=N–C) groups is 1. The van der Waals surface area contributed by atoms with Crippen molar-refractivity contribution < 1.29 is 8.42 Å². The molecule has 0 aromatic heterocycles. The average molecular weight is 524 g/mol. The maximum absolute atomic E-state index is 11.5. The molecule has 27 heavy (non-hydrogen) atoms. The average Bonchev–Trinajstić information content (AvgIpc) is 2.63. The van der Waals surface area contributed by atoms with Crippen molar-refractivity contribution in [1.29, 1.82) is 0 Å². The Morgan fingerprint density at radius 2 is 2.07 bits per heavy atom. The van der Waals surface area contributed by atoms with Crippen LogP contribution in [0, 0.1) is 0 Å². The molecule has 1 aromatic rings. The zero-order chi connectivity index (χ0) is 18.6. The highest BCUT2D eigenvalue weighted by atomic mass is 127. The second kappa shape index (κ2) is 9.80. The number of hydrogen-bond acceptors (Lipinski definition) is 4. The van der Waals surface area contributed by atoms with Crippen molar-refractivity contribution in [2.24, 2.45) is 10.1 Å². The normalized spacial score (nSPS) is 20.2. The summed E-state index contributed by atoms with van der Waals surface area (Å²) in [5.74, 6) is 2.01.